The molecule has 0 atom stereocenters. The van der Waals surface area contributed by atoms with Crippen molar-refractivity contribution in [2.75, 3.05) is 10.0 Å². The van der Waals surface area contributed by atoms with Crippen LogP contribution in [0.5, 0.6) is 0 Å². The van der Waals surface area contributed by atoms with Crippen molar-refractivity contribution in [3.8, 4) is 0 Å². The normalized spacial score (nSPS) is 11.2. The van der Waals surface area contributed by atoms with Crippen LogP contribution in [-0.2, 0) is 10.0 Å². The van der Waals surface area contributed by atoms with Crippen molar-refractivity contribution in [2.45, 2.75) is 32.6 Å². The fourth-order valence-corrected chi connectivity index (χ4v) is 4.78. The lowest BCUT2D eigenvalue weighted by molar-refractivity contribution is 0.102. The molecule has 3 aromatic rings. The summed E-state index contributed by atoms with van der Waals surface area (Å²) in [5.41, 5.74) is 5.14. The van der Waals surface area contributed by atoms with E-state index in [0.717, 1.165) is 22.3 Å². The predicted octanol–water partition coefficient (Wildman–Crippen LogP) is 5.63. The van der Waals surface area contributed by atoms with Crippen LogP contribution in [0.4, 0.5) is 11.4 Å². The van der Waals surface area contributed by atoms with E-state index in [0.29, 0.717) is 11.4 Å². The van der Waals surface area contributed by atoms with E-state index in [9.17, 15) is 13.2 Å². The quantitative estimate of drug-likeness (QED) is 0.537. The van der Waals surface area contributed by atoms with Gasteiger partial charge in [-0.05, 0) is 69.2 Å². The van der Waals surface area contributed by atoms with Crippen molar-refractivity contribution in [1.82, 2.24) is 0 Å². The summed E-state index contributed by atoms with van der Waals surface area (Å²) in [4.78, 5) is 12.6. The largest absolute Gasteiger partial charge is 0.322 e. The van der Waals surface area contributed by atoms with Gasteiger partial charge in [0.15, 0.2) is 0 Å². The number of benzene rings is 3. The minimum absolute atomic E-state index is 0.0373. The lowest BCUT2D eigenvalue weighted by Gasteiger charge is -2.14. The van der Waals surface area contributed by atoms with Gasteiger partial charge in [0.1, 0.15) is 4.90 Å². The second-order valence-electron chi connectivity index (χ2n) is 7.34. The van der Waals surface area contributed by atoms with Crippen LogP contribution in [0.2, 0.25) is 5.02 Å². The highest BCUT2D eigenvalue weighted by molar-refractivity contribution is 7.92. The van der Waals surface area contributed by atoms with Gasteiger partial charge in [-0.3, -0.25) is 9.52 Å². The van der Waals surface area contributed by atoms with E-state index in [1.54, 1.807) is 6.07 Å². The Morgan fingerprint density at radius 2 is 1.37 bits per heavy atom. The third-order valence-corrected chi connectivity index (χ3v) is 6.59. The van der Waals surface area contributed by atoms with Crippen molar-refractivity contribution in [3.63, 3.8) is 0 Å². The number of halogens is 1. The molecule has 0 heterocycles. The maximum atomic E-state index is 13.0. The molecule has 0 aliphatic carbocycles. The van der Waals surface area contributed by atoms with Gasteiger partial charge in [0.25, 0.3) is 15.9 Å². The number of rotatable bonds is 5. The van der Waals surface area contributed by atoms with Gasteiger partial charge in [-0.25, -0.2) is 8.42 Å². The Labute approximate surface area is 182 Å². The monoisotopic (exact) mass is 442 g/mol. The number of sulfonamides is 1. The standard InChI is InChI=1S/C23H23ClN2O3S/c1-14-5-9-20(16(3)11-14)25-23(27)18-7-8-19(24)22(13-18)30(28,29)26-21-10-6-15(2)12-17(21)4/h5-13,26H,1-4H3,(H,25,27). The maximum absolute atomic E-state index is 13.0. The van der Waals surface area contributed by atoms with Crippen LogP contribution in [0.25, 0.3) is 0 Å². The van der Waals surface area contributed by atoms with Gasteiger partial charge in [0.2, 0.25) is 0 Å². The van der Waals surface area contributed by atoms with Crippen LogP contribution in [-0.4, -0.2) is 14.3 Å². The Morgan fingerprint density at radius 3 is 1.93 bits per heavy atom. The van der Waals surface area contributed by atoms with Crippen LogP contribution in [0, 0.1) is 27.7 Å². The van der Waals surface area contributed by atoms with Gasteiger partial charge in [0, 0.05) is 11.3 Å². The molecule has 0 unspecified atom stereocenters. The number of hydrogen-bond acceptors (Lipinski definition) is 3. The second-order valence-corrected chi connectivity index (χ2v) is 9.40. The highest BCUT2D eigenvalue weighted by Crippen LogP contribution is 2.27. The lowest BCUT2D eigenvalue weighted by Crippen LogP contribution is -2.17. The average molecular weight is 443 g/mol. The van der Waals surface area contributed by atoms with Gasteiger partial charge < -0.3 is 5.32 Å². The van der Waals surface area contributed by atoms with Gasteiger partial charge in [0.05, 0.1) is 10.7 Å². The van der Waals surface area contributed by atoms with Crippen LogP contribution in [0.3, 0.4) is 0 Å². The highest BCUT2D eigenvalue weighted by atomic mass is 35.5. The number of nitrogens with one attached hydrogen (secondary N) is 2. The molecule has 0 fully saturated rings. The van der Waals surface area contributed by atoms with Crippen LogP contribution in [0.15, 0.2) is 59.5 Å². The van der Waals surface area contributed by atoms with E-state index < -0.39 is 15.9 Å². The van der Waals surface area contributed by atoms with Gasteiger partial charge in [-0.2, -0.15) is 0 Å². The molecule has 3 aromatic carbocycles. The zero-order valence-corrected chi connectivity index (χ0v) is 18.8. The smallest absolute Gasteiger partial charge is 0.263 e. The summed E-state index contributed by atoms with van der Waals surface area (Å²) in [7, 11) is -3.98. The van der Waals surface area contributed by atoms with Gasteiger partial charge in [-0.1, -0.05) is 47.0 Å². The molecule has 7 heteroatoms. The van der Waals surface area contributed by atoms with Gasteiger partial charge >= 0.3 is 0 Å². The Bertz CT molecular complexity index is 1240. The molecule has 30 heavy (non-hydrogen) atoms. The zero-order valence-electron chi connectivity index (χ0n) is 17.2. The fourth-order valence-electron chi connectivity index (χ4n) is 3.13. The molecular weight excluding hydrogens is 420 g/mol. The molecular formula is C23H23ClN2O3S. The van der Waals surface area contributed by atoms with E-state index in [-0.39, 0.29) is 15.5 Å². The van der Waals surface area contributed by atoms with E-state index >= 15 is 0 Å². The maximum Gasteiger partial charge on any atom is 0.263 e. The molecule has 0 saturated heterocycles. The second kappa shape index (κ2) is 8.50. The summed E-state index contributed by atoms with van der Waals surface area (Å²) >= 11 is 6.17. The Hall–Kier alpha value is -2.83. The number of carbonyl (C=O) groups excluding carboxylic acids is 1. The summed E-state index contributed by atoms with van der Waals surface area (Å²) in [6.07, 6.45) is 0. The molecule has 0 bridgehead atoms. The minimum atomic E-state index is -3.98. The predicted molar refractivity (Wildman–Crippen MR) is 122 cm³/mol. The third kappa shape index (κ3) is 4.83. The highest BCUT2D eigenvalue weighted by Gasteiger charge is 2.21. The molecule has 1 amide bonds. The van der Waals surface area contributed by atoms with Crippen molar-refractivity contribution in [3.05, 3.63) is 87.4 Å². The van der Waals surface area contributed by atoms with Crippen molar-refractivity contribution >= 4 is 38.9 Å². The number of aryl methyl sites for hydroxylation is 4. The van der Waals surface area contributed by atoms with E-state index in [4.69, 9.17) is 11.6 Å². The molecule has 0 aliphatic rings. The molecule has 0 spiro atoms. The van der Waals surface area contributed by atoms with Gasteiger partial charge in [-0.15, -0.1) is 0 Å². The zero-order chi connectivity index (χ0) is 22.1. The van der Waals surface area contributed by atoms with Crippen LogP contribution in [0.1, 0.15) is 32.6 Å². The number of amides is 1. The molecule has 0 saturated carbocycles. The summed E-state index contributed by atoms with van der Waals surface area (Å²) in [6.45, 7) is 7.62. The molecule has 0 aromatic heterocycles. The molecule has 5 nitrogen and oxygen atoms in total. The van der Waals surface area contributed by atoms with E-state index in [2.05, 4.69) is 10.0 Å². The van der Waals surface area contributed by atoms with Crippen molar-refractivity contribution in [1.29, 1.82) is 0 Å². The summed E-state index contributed by atoms with van der Waals surface area (Å²) in [6, 6.07) is 15.3. The van der Waals surface area contributed by atoms with Crippen molar-refractivity contribution < 1.29 is 13.2 Å². The number of hydrogen-bond donors (Lipinski definition) is 2. The van der Waals surface area contributed by atoms with Crippen molar-refractivity contribution in [2.24, 2.45) is 0 Å². The topological polar surface area (TPSA) is 75.3 Å². The molecule has 3 rings (SSSR count). The lowest BCUT2D eigenvalue weighted by atomic mass is 10.1. The Morgan fingerprint density at radius 1 is 0.800 bits per heavy atom. The molecule has 0 radical (unpaired) electrons. The molecule has 2 N–H and O–H groups in total. The summed E-state index contributed by atoms with van der Waals surface area (Å²) < 4.78 is 28.5. The van der Waals surface area contributed by atoms with Crippen LogP contribution >= 0.6 is 11.6 Å². The third-order valence-electron chi connectivity index (χ3n) is 4.74. The van der Waals surface area contributed by atoms with E-state index in [1.165, 1.54) is 18.2 Å². The first-order chi connectivity index (χ1) is 14.1. The van der Waals surface area contributed by atoms with Crippen LogP contribution < -0.4 is 10.0 Å². The summed E-state index contributed by atoms with van der Waals surface area (Å²) in [5.74, 6) is -0.415. The first-order valence-electron chi connectivity index (χ1n) is 9.35. The van der Waals surface area contributed by atoms with E-state index in [1.807, 2.05) is 58.0 Å². The Balaban J connectivity index is 1.91. The SMILES string of the molecule is Cc1ccc(NC(=O)c2ccc(Cl)c(S(=O)(=O)Nc3ccc(C)cc3C)c2)c(C)c1. The summed E-state index contributed by atoms with van der Waals surface area (Å²) in [5, 5.41) is 2.86. The Kier molecular flexibility index (Phi) is 6.19. The average Bonchev–Trinajstić information content (AvgIpc) is 2.66. The molecule has 0 aliphatic heterocycles. The fraction of sp³-hybridized carbons (Fsp3) is 0.174. The minimum Gasteiger partial charge on any atom is -0.322 e. The number of carbonyl (C=O) groups is 1. The first-order valence-corrected chi connectivity index (χ1v) is 11.2. The molecule has 156 valence electrons. The first kappa shape index (κ1) is 21.9. The number of anilines is 2.